The molecular weight excluding hydrogens is 471 g/mol. The van der Waals surface area contributed by atoms with Crippen molar-refractivity contribution >= 4 is 34.9 Å². The lowest BCUT2D eigenvalue weighted by molar-refractivity contribution is -0.139. The second-order valence-electron chi connectivity index (χ2n) is 7.97. The number of alkyl halides is 3. The molecule has 4 rings (SSSR count). The molecule has 0 N–H and O–H groups in total. The Morgan fingerprint density at radius 3 is 2.53 bits per heavy atom. The number of benzene rings is 1. The number of morpholine rings is 1. The standard InChI is InChI=1S/C23H22F3N3O4S/c1-14-10-16(15(2)29(14)18-5-3-4-17(12-18)23(24,25)26)11-19-21(31)28(22(32)34-19)13-20(30)27-6-8-33-9-7-27/h3-5,10-12H,6-9,13H2,1-2H3/b19-11+. The van der Waals surface area contributed by atoms with Gasteiger partial charge in [0, 0.05) is 30.2 Å². The third-order valence-corrected chi connectivity index (χ3v) is 6.63. The fourth-order valence-electron chi connectivity index (χ4n) is 3.98. The van der Waals surface area contributed by atoms with Crippen molar-refractivity contribution in [1.82, 2.24) is 14.4 Å². The van der Waals surface area contributed by atoms with Crippen molar-refractivity contribution in [2.24, 2.45) is 0 Å². The Morgan fingerprint density at radius 1 is 1.15 bits per heavy atom. The van der Waals surface area contributed by atoms with Gasteiger partial charge in [-0.2, -0.15) is 13.2 Å². The van der Waals surface area contributed by atoms with E-state index in [0.717, 1.165) is 28.8 Å². The Hall–Kier alpha value is -3.05. The topological polar surface area (TPSA) is 71.9 Å². The third-order valence-electron chi connectivity index (χ3n) is 5.72. The lowest BCUT2D eigenvalue weighted by Crippen LogP contribution is -2.46. The van der Waals surface area contributed by atoms with Crippen LogP contribution in [0, 0.1) is 13.8 Å². The van der Waals surface area contributed by atoms with E-state index in [0.29, 0.717) is 48.9 Å². The minimum Gasteiger partial charge on any atom is -0.378 e. The van der Waals surface area contributed by atoms with Crippen LogP contribution in [0.3, 0.4) is 0 Å². The number of nitrogens with zero attached hydrogens (tertiary/aromatic N) is 3. The van der Waals surface area contributed by atoms with Crippen molar-refractivity contribution in [3.8, 4) is 5.69 Å². The molecule has 2 aromatic rings. The highest BCUT2D eigenvalue weighted by atomic mass is 32.2. The Kier molecular flexibility index (Phi) is 6.59. The Labute approximate surface area is 198 Å². The summed E-state index contributed by atoms with van der Waals surface area (Å²) in [5.41, 5.74) is 1.47. The van der Waals surface area contributed by atoms with Gasteiger partial charge in [-0.25, -0.2) is 0 Å². The first-order chi connectivity index (χ1) is 16.1. The molecule has 0 spiro atoms. The van der Waals surface area contributed by atoms with Gasteiger partial charge in [0.1, 0.15) is 6.54 Å². The maximum absolute atomic E-state index is 13.2. The number of rotatable bonds is 4. The molecule has 3 heterocycles. The summed E-state index contributed by atoms with van der Waals surface area (Å²) in [6, 6.07) is 6.72. The van der Waals surface area contributed by atoms with Crippen LogP contribution in [-0.2, 0) is 20.5 Å². The van der Waals surface area contributed by atoms with Gasteiger partial charge in [-0.3, -0.25) is 19.3 Å². The molecule has 34 heavy (non-hydrogen) atoms. The fraction of sp³-hybridized carbons (Fsp3) is 0.348. The molecule has 0 aliphatic carbocycles. The van der Waals surface area contributed by atoms with Crippen molar-refractivity contribution < 1.29 is 32.3 Å². The molecule has 0 radical (unpaired) electrons. The molecule has 2 aliphatic heterocycles. The molecule has 2 saturated heterocycles. The molecule has 7 nitrogen and oxygen atoms in total. The van der Waals surface area contributed by atoms with E-state index in [2.05, 4.69) is 0 Å². The molecule has 1 aromatic heterocycles. The van der Waals surface area contributed by atoms with E-state index in [1.807, 2.05) is 0 Å². The molecule has 11 heteroatoms. The van der Waals surface area contributed by atoms with Gasteiger partial charge in [-0.15, -0.1) is 0 Å². The smallest absolute Gasteiger partial charge is 0.378 e. The first-order valence-corrected chi connectivity index (χ1v) is 11.4. The molecule has 0 bridgehead atoms. The number of halogens is 3. The molecule has 3 amide bonds. The lowest BCUT2D eigenvalue weighted by Gasteiger charge is -2.28. The van der Waals surface area contributed by atoms with Crippen LogP contribution in [0.5, 0.6) is 0 Å². The summed E-state index contributed by atoms with van der Waals surface area (Å²) in [4.78, 5) is 40.4. The number of aromatic nitrogens is 1. The van der Waals surface area contributed by atoms with Crippen molar-refractivity contribution in [3.05, 3.63) is 57.8 Å². The van der Waals surface area contributed by atoms with E-state index in [1.165, 1.54) is 12.1 Å². The average Bonchev–Trinajstić information content (AvgIpc) is 3.22. The summed E-state index contributed by atoms with van der Waals surface area (Å²) >= 11 is 0.736. The highest BCUT2D eigenvalue weighted by molar-refractivity contribution is 8.18. The molecule has 0 atom stereocenters. The maximum Gasteiger partial charge on any atom is 0.416 e. The van der Waals surface area contributed by atoms with Crippen molar-refractivity contribution in [2.45, 2.75) is 20.0 Å². The fourth-order valence-corrected chi connectivity index (χ4v) is 4.81. The summed E-state index contributed by atoms with van der Waals surface area (Å²) in [5, 5.41) is -0.537. The number of ether oxygens (including phenoxy) is 1. The van der Waals surface area contributed by atoms with Crippen LogP contribution < -0.4 is 0 Å². The molecular formula is C23H22F3N3O4S. The Balaban J connectivity index is 1.57. The van der Waals surface area contributed by atoms with Crippen LogP contribution in [0.15, 0.2) is 35.2 Å². The SMILES string of the molecule is Cc1cc(/C=C2/SC(=O)N(CC(=O)N3CCOCC3)C2=O)c(C)n1-c1cccc(C(F)(F)F)c1. The van der Waals surface area contributed by atoms with Crippen LogP contribution in [0.25, 0.3) is 11.8 Å². The van der Waals surface area contributed by atoms with Crippen molar-refractivity contribution in [3.63, 3.8) is 0 Å². The molecule has 180 valence electrons. The van der Waals surface area contributed by atoms with Crippen molar-refractivity contribution in [2.75, 3.05) is 32.8 Å². The predicted octanol–water partition coefficient (Wildman–Crippen LogP) is 4.01. The molecule has 0 saturated carbocycles. The van der Waals surface area contributed by atoms with Crippen LogP contribution in [0.1, 0.15) is 22.5 Å². The first-order valence-electron chi connectivity index (χ1n) is 10.5. The van der Waals surface area contributed by atoms with Gasteiger partial charge in [0.15, 0.2) is 0 Å². The number of hydrogen-bond donors (Lipinski definition) is 0. The molecule has 2 fully saturated rings. The first kappa shape index (κ1) is 24.1. The Morgan fingerprint density at radius 2 is 1.85 bits per heavy atom. The summed E-state index contributed by atoms with van der Waals surface area (Å²) in [7, 11) is 0. The molecule has 0 unspecified atom stereocenters. The van der Waals surface area contributed by atoms with Crippen LogP contribution in [-0.4, -0.2) is 64.3 Å². The predicted molar refractivity (Wildman–Crippen MR) is 120 cm³/mol. The number of imide groups is 1. The van der Waals surface area contributed by atoms with Crippen LogP contribution in [0.4, 0.5) is 18.0 Å². The average molecular weight is 494 g/mol. The Bertz CT molecular complexity index is 1180. The quantitative estimate of drug-likeness (QED) is 0.602. The number of carbonyl (C=O) groups excluding carboxylic acids is 3. The van der Waals surface area contributed by atoms with E-state index in [9.17, 15) is 27.6 Å². The van der Waals surface area contributed by atoms with Crippen LogP contribution in [0.2, 0.25) is 0 Å². The largest absolute Gasteiger partial charge is 0.416 e. The number of carbonyl (C=O) groups is 3. The number of aryl methyl sites for hydroxylation is 1. The number of thioether (sulfide) groups is 1. The zero-order valence-corrected chi connectivity index (χ0v) is 19.3. The van der Waals surface area contributed by atoms with Gasteiger partial charge in [0.2, 0.25) is 5.91 Å². The van der Waals surface area contributed by atoms with E-state index >= 15 is 0 Å². The summed E-state index contributed by atoms with van der Waals surface area (Å²) < 4.78 is 46.3. The molecule has 2 aliphatic rings. The van der Waals surface area contributed by atoms with E-state index in [-0.39, 0.29) is 17.4 Å². The van der Waals surface area contributed by atoms with Gasteiger partial charge in [0.05, 0.1) is 23.7 Å². The maximum atomic E-state index is 13.2. The minimum absolute atomic E-state index is 0.157. The zero-order valence-electron chi connectivity index (χ0n) is 18.5. The summed E-state index contributed by atoms with van der Waals surface area (Å²) in [6.45, 7) is 4.77. The number of amides is 3. The van der Waals surface area contributed by atoms with E-state index in [1.54, 1.807) is 35.4 Å². The number of hydrogen-bond acceptors (Lipinski definition) is 5. The minimum atomic E-state index is -4.47. The van der Waals surface area contributed by atoms with Gasteiger partial charge in [0.25, 0.3) is 11.1 Å². The third kappa shape index (κ3) is 4.76. The monoisotopic (exact) mass is 493 g/mol. The van der Waals surface area contributed by atoms with Gasteiger partial charge in [-0.1, -0.05) is 6.07 Å². The summed E-state index contributed by atoms with van der Waals surface area (Å²) in [5.74, 6) is -0.893. The normalized spacial score (nSPS) is 18.3. The van der Waals surface area contributed by atoms with Gasteiger partial charge in [-0.05, 0) is 61.5 Å². The van der Waals surface area contributed by atoms with Crippen LogP contribution >= 0.6 is 11.8 Å². The van der Waals surface area contributed by atoms with Gasteiger partial charge < -0.3 is 14.2 Å². The second kappa shape index (κ2) is 9.30. The van der Waals surface area contributed by atoms with E-state index < -0.39 is 22.9 Å². The highest BCUT2D eigenvalue weighted by Crippen LogP contribution is 2.35. The highest BCUT2D eigenvalue weighted by Gasteiger charge is 2.37. The zero-order chi connectivity index (χ0) is 24.6. The lowest BCUT2D eigenvalue weighted by atomic mass is 10.2. The summed E-state index contributed by atoms with van der Waals surface area (Å²) in [6.07, 6.45) is -2.93. The van der Waals surface area contributed by atoms with Crippen molar-refractivity contribution in [1.29, 1.82) is 0 Å². The second-order valence-corrected chi connectivity index (χ2v) is 8.96. The molecule has 1 aromatic carbocycles. The van der Waals surface area contributed by atoms with Gasteiger partial charge >= 0.3 is 6.18 Å². The van der Waals surface area contributed by atoms with E-state index in [4.69, 9.17) is 4.74 Å².